The number of cyclic esters (lactones) is 1. The molecule has 1 aliphatic rings. The van der Waals surface area contributed by atoms with E-state index in [9.17, 15) is 13.2 Å². The normalized spacial score (nSPS) is 16.2. The van der Waals surface area contributed by atoms with Gasteiger partial charge in [0, 0.05) is 24.7 Å². The molecular weight excluding hydrogens is 356 g/mol. The van der Waals surface area contributed by atoms with Crippen molar-refractivity contribution in [3.05, 3.63) is 59.7 Å². The minimum absolute atomic E-state index is 0.0596. The molecule has 3 rings (SSSR count). The highest BCUT2D eigenvalue weighted by molar-refractivity contribution is 7.89. The first kappa shape index (κ1) is 18.1. The highest BCUT2D eigenvalue weighted by Gasteiger charge is 2.27. The van der Waals surface area contributed by atoms with Crippen molar-refractivity contribution in [2.75, 3.05) is 13.1 Å². The van der Waals surface area contributed by atoms with Gasteiger partial charge in [-0.2, -0.15) is 4.31 Å². The van der Waals surface area contributed by atoms with Gasteiger partial charge in [0.25, 0.3) is 0 Å². The summed E-state index contributed by atoms with van der Waals surface area (Å²) in [5, 5.41) is 0. The van der Waals surface area contributed by atoms with Crippen LogP contribution in [0.3, 0.4) is 0 Å². The molecule has 0 atom stereocenters. The number of furan rings is 1. The number of sulfonamides is 1. The lowest BCUT2D eigenvalue weighted by atomic mass is 10.2. The lowest BCUT2D eigenvalue weighted by Crippen LogP contribution is -2.30. The summed E-state index contributed by atoms with van der Waals surface area (Å²) in [5.41, 5.74) is 0.501. The van der Waals surface area contributed by atoms with Crippen molar-refractivity contribution in [1.29, 1.82) is 0 Å². The van der Waals surface area contributed by atoms with Gasteiger partial charge in [-0.25, -0.2) is 18.2 Å². The van der Waals surface area contributed by atoms with Crippen molar-refractivity contribution >= 4 is 28.0 Å². The van der Waals surface area contributed by atoms with Gasteiger partial charge in [0.15, 0.2) is 5.70 Å². The van der Waals surface area contributed by atoms with E-state index in [1.165, 1.54) is 28.8 Å². The minimum Gasteiger partial charge on any atom is -0.465 e. The molecule has 26 heavy (non-hydrogen) atoms. The van der Waals surface area contributed by atoms with Crippen LogP contribution in [0.2, 0.25) is 0 Å². The maximum atomic E-state index is 12.7. The molecule has 136 valence electrons. The van der Waals surface area contributed by atoms with Gasteiger partial charge in [-0.1, -0.05) is 19.9 Å². The molecule has 0 bridgehead atoms. The van der Waals surface area contributed by atoms with Crippen LogP contribution in [-0.4, -0.2) is 37.7 Å². The van der Waals surface area contributed by atoms with E-state index >= 15 is 0 Å². The Bertz CT molecular complexity index is 971. The van der Waals surface area contributed by atoms with Crippen LogP contribution in [0.5, 0.6) is 0 Å². The molecule has 0 saturated carbocycles. The van der Waals surface area contributed by atoms with E-state index in [0.717, 1.165) is 0 Å². The fourth-order valence-corrected chi connectivity index (χ4v) is 4.05. The molecule has 1 aromatic heterocycles. The number of esters is 1. The molecule has 8 heteroatoms. The van der Waals surface area contributed by atoms with Crippen molar-refractivity contribution in [3.8, 4) is 0 Å². The molecule has 1 aromatic carbocycles. The molecule has 2 heterocycles. The molecular formula is C18H18N2O5S. The third-order valence-corrected chi connectivity index (χ3v) is 5.91. The molecule has 0 radical (unpaired) electrons. The van der Waals surface area contributed by atoms with Gasteiger partial charge in [0.05, 0.1) is 11.2 Å². The summed E-state index contributed by atoms with van der Waals surface area (Å²) in [7, 11) is -3.61. The van der Waals surface area contributed by atoms with Crippen molar-refractivity contribution in [1.82, 2.24) is 4.31 Å². The fourth-order valence-electron chi connectivity index (χ4n) is 2.54. The fraction of sp³-hybridized carbons (Fsp3) is 0.222. The van der Waals surface area contributed by atoms with Gasteiger partial charge in [0.2, 0.25) is 15.9 Å². The van der Waals surface area contributed by atoms with Crippen LogP contribution in [-0.2, 0) is 19.6 Å². The second-order valence-electron chi connectivity index (χ2n) is 5.47. The molecule has 0 unspecified atom stereocenters. The average molecular weight is 374 g/mol. The van der Waals surface area contributed by atoms with E-state index in [4.69, 9.17) is 9.15 Å². The molecule has 7 nitrogen and oxygen atoms in total. The number of hydrogen-bond donors (Lipinski definition) is 0. The topological polar surface area (TPSA) is 89.2 Å². The maximum Gasteiger partial charge on any atom is 0.363 e. The summed E-state index contributed by atoms with van der Waals surface area (Å²) < 4.78 is 37.0. The smallest absolute Gasteiger partial charge is 0.363 e. The van der Waals surface area contributed by atoms with Crippen molar-refractivity contribution < 1.29 is 22.4 Å². The molecule has 0 amide bonds. The molecule has 0 aliphatic carbocycles. The van der Waals surface area contributed by atoms with Crippen LogP contribution < -0.4 is 0 Å². The average Bonchev–Trinajstić information content (AvgIpc) is 3.27. The summed E-state index contributed by atoms with van der Waals surface area (Å²) in [6.07, 6.45) is 2.95. The first-order chi connectivity index (χ1) is 12.5. The second-order valence-corrected chi connectivity index (χ2v) is 7.41. The first-order valence-corrected chi connectivity index (χ1v) is 9.56. The number of rotatable bonds is 6. The van der Waals surface area contributed by atoms with Gasteiger partial charge < -0.3 is 9.15 Å². The van der Waals surface area contributed by atoms with Gasteiger partial charge in [-0.05, 0) is 30.3 Å². The number of carbonyl (C=O) groups excluding carboxylic acids is 1. The number of benzene rings is 1. The SMILES string of the molecule is CCN(CC)S(=O)(=O)c1cccc(C2=N/C(=C\c3ccco3)C(=O)O2)c1. The van der Waals surface area contributed by atoms with Gasteiger partial charge >= 0.3 is 5.97 Å². The molecule has 0 N–H and O–H groups in total. The minimum atomic E-state index is -3.61. The number of hydrogen-bond acceptors (Lipinski definition) is 6. The quantitative estimate of drug-likeness (QED) is 0.573. The van der Waals surface area contributed by atoms with Crippen molar-refractivity contribution in [2.45, 2.75) is 18.7 Å². The Labute approximate surface area is 151 Å². The number of carbonyl (C=O) groups is 1. The predicted octanol–water partition coefficient (Wildman–Crippen LogP) is 2.65. The first-order valence-electron chi connectivity index (χ1n) is 8.12. The Hall–Kier alpha value is -2.71. The monoisotopic (exact) mass is 374 g/mol. The largest absolute Gasteiger partial charge is 0.465 e. The van der Waals surface area contributed by atoms with E-state index in [2.05, 4.69) is 4.99 Å². The molecule has 1 aliphatic heterocycles. The van der Waals surface area contributed by atoms with Gasteiger partial charge in [-0.3, -0.25) is 0 Å². The predicted molar refractivity (Wildman–Crippen MR) is 95.9 cm³/mol. The number of nitrogens with zero attached hydrogens (tertiary/aromatic N) is 2. The zero-order chi connectivity index (χ0) is 18.7. The summed E-state index contributed by atoms with van der Waals surface area (Å²) in [6, 6.07) is 9.58. The third-order valence-electron chi connectivity index (χ3n) is 3.87. The Kier molecular flexibility index (Phi) is 5.06. The third kappa shape index (κ3) is 3.47. The van der Waals surface area contributed by atoms with E-state index in [1.54, 1.807) is 38.1 Å². The van der Waals surface area contributed by atoms with E-state index < -0.39 is 16.0 Å². The van der Waals surface area contributed by atoms with Crippen LogP contribution in [0.4, 0.5) is 0 Å². The van der Waals surface area contributed by atoms with Crippen LogP contribution in [0.15, 0.2) is 62.7 Å². The van der Waals surface area contributed by atoms with Crippen LogP contribution >= 0.6 is 0 Å². The highest BCUT2D eigenvalue weighted by atomic mass is 32.2. The van der Waals surface area contributed by atoms with Crippen LogP contribution in [0.1, 0.15) is 25.2 Å². The zero-order valence-electron chi connectivity index (χ0n) is 14.4. The van der Waals surface area contributed by atoms with E-state index in [-0.39, 0.29) is 16.5 Å². The van der Waals surface area contributed by atoms with Crippen molar-refractivity contribution in [3.63, 3.8) is 0 Å². The molecule has 0 saturated heterocycles. The summed E-state index contributed by atoms with van der Waals surface area (Å²) in [6.45, 7) is 4.29. The summed E-state index contributed by atoms with van der Waals surface area (Å²) >= 11 is 0. The Morgan fingerprint density at radius 1 is 1.15 bits per heavy atom. The number of ether oxygens (including phenoxy) is 1. The maximum absolute atomic E-state index is 12.7. The lowest BCUT2D eigenvalue weighted by Gasteiger charge is -2.18. The standard InChI is InChI=1S/C18H18N2O5S/c1-3-20(4-2)26(22,23)15-9-5-7-13(11-15)17-19-16(18(21)25-17)12-14-8-6-10-24-14/h5-12H,3-4H2,1-2H3/b16-12-. The number of aliphatic imine (C=N–C) groups is 1. The second kappa shape index (κ2) is 7.27. The summed E-state index contributed by atoms with van der Waals surface area (Å²) in [5.74, 6) is -0.0855. The van der Waals surface area contributed by atoms with E-state index in [1.807, 2.05) is 0 Å². The van der Waals surface area contributed by atoms with E-state index in [0.29, 0.717) is 24.4 Å². The van der Waals surface area contributed by atoms with Crippen LogP contribution in [0, 0.1) is 0 Å². The Balaban J connectivity index is 1.95. The molecule has 0 fully saturated rings. The van der Waals surface area contributed by atoms with Gasteiger partial charge in [0.1, 0.15) is 5.76 Å². The van der Waals surface area contributed by atoms with Crippen LogP contribution in [0.25, 0.3) is 6.08 Å². The molecule has 0 spiro atoms. The lowest BCUT2D eigenvalue weighted by molar-refractivity contribution is -0.129. The zero-order valence-corrected chi connectivity index (χ0v) is 15.2. The highest BCUT2D eigenvalue weighted by Crippen LogP contribution is 2.22. The van der Waals surface area contributed by atoms with Crippen molar-refractivity contribution in [2.24, 2.45) is 4.99 Å². The molecule has 2 aromatic rings. The Morgan fingerprint density at radius 3 is 2.58 bits per heavy atom. The summed E-state index contributed by atoms with van der Waals surface area (Å²) in [4.78, 5) is 16.3. The van der Waals surface area contributed by atoms with Gasteiger partial charge in [-0.15, -0.1) is 0 Å². The Morgan fingerprint density at radius 2 is 1.92 bits per heavy atom.